The van der Waals surface area contributed by atoms with E-state index in [4.69, 9.17) is 0 Å². The van der Waals surface area contributed by atoms with Gasteiger partial charge >= 0.3 is 0 Å². The molecule has 96 valence electrons. The van der Waals surface area contributed by atoms with Crippen molar-refractivity contribution in [3.8, 4) is 0 Å². The molecule has 3 heteroatoms. The molecule has 0 aromatic heterocycles. The SMILES string of the molecule is CN1CCC2(CC1)C(=O)CCN2c1ccccc1. The molecule has 0 amide bonds. The van der Waals surface area contributed by atoms with E-state index in [1.54, 1.807) is 0 Å². The molecule has 18 heavy (non-hydrogen) atoms. The van der Waals surface area contributed by atoms with Gasteiger partial charge in [0.05, 0.1) is 0 Å². The number of carbonyl (C=O) groups excluding carboxylic acids is 1. The molecular weight excluding hydrogens is 224 g/mol. The Kier molecular flexibility index (Phi) is 2.86. The van der Waals surface area contributed by atoms with Crippen LogP contribution in [0.1, 0.15) is 19.3 Å². The van der Waals surface area contributed by atoms with Gasteiger partial charge in [-0.3, -0.25) is 4.79 Å². The van der Waals surface area contributed by atoms with Crippen molar-refractivity contribution in [2.24, 2.45) is 0 Å². The van der Waals surface area contributed by atoms with E-state index < -0.39 is 0 Å². The number of carbonyl (C=O) groups is 1. The van der Waals surface area contributed by atoms with Crippen molar-refractivity contribution in [3.63, 3.8) is 0 Å². The topological polar surface area (TPSA) is 23.6 Å². The van der Waals surface area contributed by atoms with Crippen LogP contribution in [-0.2, 0) is 4.79 Å². The highest BCUT2D eigenvalue weighted by Gasteiger charge is 2.49. The third-order valence-corrected chi connectivity index (χ3v) is 4.48. The second-order valence-electron chi connectivity index (χ2n) is 5.50. The van der Waals surface area contributed by atoms with Crippen LogP contribution in [-0.4, -0.2) is 42.9 Å². The average molecular weight is 244 g/mol. The highest BCUT2D eigenvalue weighted by atomic mass is 16.1. The van der Waals surface area contributed by atoms with Crippen LogP contribution in [0.5, 0.6) is 0 Å². The normalized spacial score (nSPS) is 23.8. The summed E-state index contributed by atoms with van der Waals surface area (Å²) in [5, 5.41) is 0. The molecule has 1 aromatic rings. The summed E-state index contributed by atoms with van der Waals surface area (Å²) in [7, 11) is 2.14. The number of Topliss-reactive ketones (excluding diaryl/α,β-unsaturated/α-hetero) is 1. The molecule has 2 heterocycles. The number of ketones is 1. The molecule has 0 radical (unpaired) electrons. The first-order valence-electron chi connectivity index (χ1n) is 6.77. The maximum Gasteiger partial charge on any atom is 0.160 e. The quantitative estimate of drug-likeness (QED) is 0.754. The second-order valence-corrected chi connectivity index (χ2v) is 5.50. The van der Waals surface area contributed by atoms with E-state index >= 15 is 0 Å². The number of likely N-dealkylation sites (tertiary alicyclic amines) is 1. The van der Waals surface area contributed by atoms with E-state index in [0.29, 0.717) is 12.2 Å². The van der Waals surface area contributed by atoms with Gasteiger partial charge < -0.3 is 9.80 Å². The second kappa shape index (κ2) is 4.39. The molecule has 2 fully saturated rings. The van der Waals surface area contributed by atoms with Gasteiger partial charge in [0.1, 0.15) is 5.54 Å². The van der Waals surface area contributed by atoms with Crippen molar-refractivity contribution in [1.29, 1.82) is 0 Å². The predicted molar refractivity (Wildman–Crippen MR) is 72.9 cm³/mol. The highest BCUT2D eigenvalue weighted by molar-refractivity contribution is 5.95. The Hall–Kier alpha value is -1.35. The molecule has 2 aliphatic heterocycles. The first kappa shape index (κ1) is 11.7. The first-order chi connectivity index (χ1) is 8.72. The summed E-state index contributed by atoms with van der Waals surface area (Å²) in [4.78, 5) is 17.1. The zero-order chi connectivity index (χ0) is 12.6. The van der Waals surface area contributed by atoms with E-state index in [2.05, 4.69) is 41.1 Å². The number of nitrogens with zero attached hydrogens (tertiary/aromatic N) is 2. The van der Waals surface area contributed by atoms with Crippen molar-refractivity contribution in [2.45, 2.75) is 24.8 Å². The Morgan fingerprint density at radius 1 is 1.06 bits per heavy atom. The largest absolute Gasteiger partial charge is 0.358 e. The monoisotopic (exact) mass is 244 g/mol. The van der Waals surface area contributed by atoms with E-state index in [9.17, 15) is 4.79 Å². The van der Waals surface area contributed by atoms with Crippen molar-refractivity contribution >= 4 is 11.5 Å². The number of piperidine rings is 1. The summed E-state index contributed by atoms with van der Waals surface area (Å²) in [6.45, 7) is 2.93. The lowest BCUT2D eigenvalue weighted by molar-refractivity contribution is -0.123. The summed E-state index contributed by atoms with van der Waals surface area (Å²) in [6.07, 6.45) is 2.65. The van der Waals surface area contributed by atoms with Crippen molar-refractivity contribution < 1.29 is 4.79 Å². The van der Waals surface area contributed by atoms with Crippen molar-refractivity contribution in [3.05, 3.63) is 30.3 Å². The minimum absolute atomic E-state index is 0.214. The van der Waals surface area contributed by atoms with Crippen LogP contribution in [0.15, 0.2) is 30.3 Å². The summed E-state index contributed by atoms with van der Waals surface area (Å²) >= 11 is 0. The lowest BCUT2D eigenvalue weighted by Crippen LogP contribution is -2.55. The first-order valence-corrected chi connectivity index (χ1v) is 6.77. The van der Waals surface area contributed by atoms with Crippen LogP contribution in [0.2, 0.25) is 0 Å². The van der Waals surface area contributed by atoms with E-state index in [0.717, 1.165) is 32.5 Å². The van der Waals surface area contributed by atoms with Crippen LogP contribution in [0.3, 0.4) is 0 Å². The Bertz CT molecular complexity index is 435. The number of benzene rings is 1. The fourth-order valence-electron chi connectivity index (χ4n) is 3.33. The Morgan fingerprint density at radius 2 is 1.72 bits per heavy atom. The van der Waals surface area contributed by atoms with Gasteiger partial charge in [0.25, 0.3) is 0 Å². The Balaban J connectivity index is 1.93. The van der Waals surface area contributed by atoms with Gasteiger partial charge in [-0.05, 0) is 32.0 Å². The fourth-order valence-corrected chi connectivity index (χ4v) is 3.33. The van der Waals surface area contributed by atoms with Crippen LogP contribution in [0.4, 0.5) is 5.69 Å². The summed E-state index contributed by atoms with van der Waals surface area (Å²) in [5.74, 6) is 0.444. The number of rotatable bonds is 1. The maximum absolute atomic E-state index is 12.4. The van der Waals surface area contributed by atoms with Gasteiger partial charge in [-0.15, -0.1) is 0 Å². The molecule has 1 aromatic carbocycles. The average Bonchev–Trinajstić information content (AvgIpc) is 2.72. The van der Waals surface area contributed by atoms with Crippen molar-refractivity contribution in [2.75, 3.05) is 31.6 Å². The van der Waals surface area contributed by atoms with Crippen LogP contribution < -0.4 is 4.90 Å². The molecule has 0 saturated carbocycles. The molecule has 0 aliphatic carbocycles. The van der Waals surface area contributed by atoms with Crippen molar-refractivity contribution in [1.82, 2.24) is 4.90 Å². The Labute approximate surface area is 108 Å². The smallest absolute Gasteiger partial charge is 0.160 e. The van der Waals surface area contributed by atoms with Crippen LogP contribution >= 0.6 is 0 Å². The summed E-state index contributed by atoms with van der Waals surface area (Å²) in [5.41, 5.74) is 0.987. The Morgan fingerprint density at radius 3 is 2.39 bits per heavy atom. The molecule has 0 bridgehead atoms. The predicted octanol–water partition coefficient (Wildman–Crippen LogP) is 1.93. The molecule has 3 rings (SSSR count). The number of para-hydroxylation sites is 1. The third kappa shape index (κ3) is 1.74. The molecule has 0 unspecified atom stereocenters. The zero-order valence-corrected chi connectivity index (χ0v) is 10.9. The fraction of sp³-hybridized carbons (Fsp3) is 0.533. The van der Waals surface area contributed by atoms with Gasteiger partial charge in [0, 0.05) is 31.7 Å². The highest BCUT2D eigenvalue weighted by Crippen LogP contribution is 2.38. The number of hydrogen-bond acceptors (Lipinski definition) is 3. The molecule has 3 nitrogen and oxygen atoms in total. The summed E-state index contributed by atoms with van der Waals surface area (Å²) in [6, 6.07) is 10.4. The van der Waals surface area contributed by atoms with E-state index in [1.165, 1.54) is 5.69 Å². The maximum atomic E-state index is 12.4. The zero-order valence-electron chi connectivity index (χ0n) is 10.9. The molecule has 2 aliphatic rings. The van der Waals surface area contributed by atoms with Crippen LogP contribution in [0.25, 0.3) is 0 Å². The van der Waals surface area contributed by atoms with Crippen LogP contribution in [0, 0.1) is 0 Å². The van der Waals surface area contributed by atoms with E-state index in [-0.39, 0.29) is 5.54 Å². The standard InChI is InChI=1S/C15H20N2O/c1-16-11-8-15(9-12-16)14(18)7-10-17(15)13-5-3-2-4-6-13/h2-6H,7-12H2,1H3. The molecule has 0 atom stereocenters. The molecular formula is C15H20N2O. The van der Waals surface area contributed by atoms with Gasteiger partial charge in [0.15, 0.2) is 5.78 Å². The minimum Gasteiger partial charge on any atom is -0.358 e. The lowest BCUT2D eigenvalue weighted by Gasteiger charge is -2.43. The number of anilines is 1. The van der Waals surface area contributed by atoms with Gasteiger partial charge in [-0.1, -0.05) is 18.2 Å². The molecule has 1 spiro atoms. The third-order valence-electron chi connectivity index (χ3n) is 4.48. The lowest BCUT2D eigenvalue weighted by atomic mass is 9.84. The van der Waals surface area contributed by atoms with E-state index in [1.807, 2.05) is 6.07 Å². The molecule has 2 saturated heterocycles. The minimum atomic E-state index is -0.214. The van der Waals surface area contributed by atoms with Gasteiger partial charge in [0.2, 0.25) is 0 Å². The van der Waals surface area contributed by atoms with Gasteiger partial charge in [-0.25, -0.2) is 0 Å². The summed E-state index contributed by atoms with van der Waals surface area (Å²) < 4.78 is 0. The van der Waals surface area contributed by atoms with Gasteiger partial charge in [-0.2, -0.15) is 0 Å². The molecule has 0 N–H and O–H groups in total. The number of hydrogen-bond donors (Lipinski definition) is 0.